The van der Waals surface area contributed by atoms with Gasteiger partial charge in [0.1, 0.15) is 11.5 Å². The molecule has 0 aliphatic carbocycles. The molecule has 176 valence electrons. The van der Waals surface area contributed by atoms with E-state index in [1.807, 2.05) is 37.3 Å². The summed E-state index contributed by atoms with van der Waals surface area (Å²) in [5, 5.41) is 20.4. The van der Waals surface area contributed by atoms with E-state index >= 15 is 0 Å². The van der Waals surface area contributed by atoms with Crippen LogP contribution in [0.5, 0.6) is 5.75 Å². The third kappa shape index (κ3) is 4.67. The number of ketones is 1. The second kappa shape index (κ2) is 9.86. The first-order chi connectivity index (χ1) is 16.8. The molecule has 3 aromatic rings. The highest BCUT2D eigenvalue weighted by molar-refractivity contribution is 6.51. The minimum Gasteiger partial charge on any atom is -0.507 e. The van der Waals surface area contributed by atoms with Gasteiger partial charge < -0.3 is 9.84 Å². The standard InChI is InChI=1S/C29H26N2O4/c1-18(2)17-35-24-14-11-22(15-19(24)3)27(32)25-26(21-7-5-4-6-8-21)31(29(34)28(25)33)23-12-9-20(16-30)10-13-23/h4-15,18,26,32H,17H2,1-3H3/b27-25-. The Morgan fingerprint density at radius 3 is 2.34 bits per heavy atom. The summed E-state index contributed by atoms with van der Waals surface area (Å²) in [4.78, 5) is 27.8. The van der Waals surface area contributed by atoms with E-state index in [1.165, 1.54) is 4.90 Å². The van der Waals surface area contributed by atoms with Gasteiger partial charge in [0.2, 0.25) is 0 Å². The molecule has 1 amide bonds. The van der Waals surface area contributed by atoms with Crippen LogP contribution in [0.3, 0.4) is 0 Å². The molecule has 1 heterocycles. The van der Waals surface area contributed by atoms with Gasteiger partial charge in [-0.05, 0) is 66.4 Å². The molecule has 3 aromatic carbocycles. The Bertz CT molecular complexity index is 1340. The van der Waals surface area contributed by atoms with Gasteiger partial charge in [0.15, 0.2) is 0 Å². The van der Waals surface area contributed by atoms with Gasteiger partial charge in [-0.25, -0.2) is 0 Å². The second-order valence-corrected chi connectivity index (χ2v) is 8.92. The van der Waals surface area contributed by atoms with Gasteiger partial charge in [-0.15, -0.1) is 0 Å². The maximum Gasteiger partial charge on any atom is 0.300 e. The fourth-order valence-electron chi connectivity index (χ4n) is 4.12. The van der Waals surface area contributed by atoms with Gasteiger partial charge in [-0.3, -0.25) is 14.5 Å². The van der Waals surface area contributed by atoms with Crippen LogP contribution in [-0.2, 0) is 9.59 Å². The highest BCUT2D eigenvalue weighted by Gasteiger charge is 2.46. The van der Waals surface area contributed by atoms with Crippen LogP contribution in [0, 0.1) is 24.2 Å². The third-order valence-corrected chi connectivity index (χ3v) is 5.85. The Balaban J connectivity index is 1.83. The highest BCUT2D eigenvalue weighted by atomic mass is 16.5. The smallest absolute Gasteiger partial charge is 0.300 e. The summed E-state index contributed by atoms with van der Waals surface area (Å²) in [5.74, 6) is -0.677. The largest absolute Gasteiger partial charge is 0.507 e. The fraction of sp³-hybridized carbons (Fsp3) is 0.207. The van der Waals surface area contributed by atoms with Gasteiger partial charge in [0.25, 0.3) is 11.7 Å². The third-order valence-electron chi connectivity index (χ3n) is 5.85. The number of anilines is 1. The van der Waals surface area contributed by atoms with Crippen LogP contribution in [0.25, 0.3) is 5.76 Å². The molecule has 4 rings (SSSR count). The fourth-order valence-corrected chi connectivity index (χ4v) is 4.12. The van der Waals surface area contributed by atoms with Crippen LogP contribution < -0.4 is 9.64 Å². The Hall–Kier alpha value is -4.37. The zero-order chi connectivity index (χ0) is 25.1. The molecule has 1 aliphatic rings. The Morgan fingerprint density at radius 2 is 1.74 bits per heavy atom. The number of aryl methyl sites for hydroxylation is 1. The highest BCUT2D eigenvalue weighted by Crippen LogP contribution is 2.42. The van der Waals surface area contributed by atoms with Crippen LogP contribution in [0.2, 0.25) is 0 Å². The molecule has 1 fully saturated rings. The number of nitriles is 1. The molecule has 1 saturated heterocycles. The van der Waals surface area contributed by atoms with E-state index in [0.717, 1.165) is 5.56 Å². The molecular formula is C29H26N2O4. The lowest BCUT2D eigenvalue weighted by atomic mass is 9.94. The van der Waals surface area contributed by atoms with Gasteiger partial charge in [-0.1, -0.05) is 44.2 Å². The van der Waals surface area contributed by atoms with Gasteiger partial charge in [-0.2, -0.15) is 5.26 Å². The molecule has 1 aliphatic heterocycles. The van der Waals surface area contributed by atoms with Crippen molar-refractivity contribution in [3.05, 3.63) is 101 Å². The van der Waals surface area contributed by atoms with Crippen LogP contribution in [0.15, 0.2) is 78.4 Å². The summed E-state index contributed by atoms with van der Waals surface area (Å²) in [5.41, 5.74) is 2.85. The maximum absolute atomic E-state index is 13.3. The predicted molar refractivity (Wildman–Crippen MR) is 134 cm³/mol. The number of aliphatic hydroxyl groups is 1. The van der Waals surface area contributed by atoms with E-state index in [4.69, 9.17) is 10.00 Å². The van der Waals surface area contributed by atoms with Crippen LogP contribution in [0.1, 0.15) is 42.1 Å². The average Bonchev–Trinajstić information content (AvgIpc) is 3.13. The summed E-state index contributed by atoms with van der Waals surface area (Å²) < 4.78 is 5.83. The lowest BCUT2D eigenvalue weighted by Crippen LogP contribution is -2.29. The van der Waals surface area contributed by atoms with Crippen LogP contribution in [0.4, 0.5) is 5.69 Å². The van der Waals surface area contributed by atoms with Gasteiger partial charge in [0, 0.05) is 11.3 Å². The number of carbonyl (C=O) groups is 2. The molecule has 0 bridgehead atoms. The maximum atomic E-state index is 13.3. The summed E-state index contributed by atoms with van der Waals surface area (Å²) in [6.45, 7) is 6.56. The number of aliphatic hydroxyl groups excluding tert-OH is 1. The molecule has 0 radical (unpaired) electrons. The quantitative estimate of drug-likeness (QED) is 0.293. The van der Waals surface area contributed by atoms with Crippen molar-refractivity contribution in [3.63, 3.8) is 0 Å². The van der Waals surface area contributed by atoms with Crippen molar-refractivity contribution >= 4 is 23.1 Å². The first-order valence-electron chi connectivity index (χ1n) is 11.4. The lowest BCUT2D eigenvalue weighted by Gasteiger charge is -2.25. The number of benzene rings is 3. The molecular weight excluding hydrogens is 440 g/mol. The topological polar surface area (TPSA) is 90.6 Å². The Labute approximate surface area is 204 Å². The zero-order valence-electron chi connectivity index (χ0n) is 19.9. The van der Waals surface area contributed by atoms with E-state index in [1.54, 1.807) is 42.5 Å². The number of rotatable bonds is 6. The van der Waals surface area contributed by atoms with Crippen molar-refractivity contribution in [2.24, 2.45) is 5.92 Å². The molecule has 1 N–H and O–H groups in total. The van der Waals surface area contributed by atoms with E-state index < -0.39 is 17.7 Å². The monoisotopic (exact) mass is 466 g/mol. The van der Waals surface area contributed by atoms with Crippen molar-refractivity contribution in [1.29, 1.82) is 5.26 Å². The normalized spacial score (nSPS) is 17.0. The van der Waals surface area contributed by atoms with Gasteiger partial charge in [0.05, 0.1) is 29.9 Å². The van der Waals surface area contributed by atoms with E-state index in [-0.39, 0.29) is 11.3 Å². The predicted octanol–water partition coefficient (Wildman–Crippen LogP) is 5.53. The molecule has 0 spiro atoms. The zero-order valence-corrected chi connectivity index (χ0v) is 19.9. The number of nitrogens with zero attached hydrogens (tertiary/aromatic N) is 2. The van der Waals surface area contributed by atoms with Crippen LogP contribution >= 0.6 is 0 Å². The van der Waals surface area contributed by atoms with E-state index in [2.05, 4.69) is 19.9 Å². The molecule has 35 heavy (non-hydrogen) atoms. The molecule has 1 unspecified atom stereocenters. The summed E-state index contributed by atoms with van der Waals surface area (Å²) in [6.07, 6.45) is 0. The average molecular weight is 467 g/mol. The number of hydrogen-bond donors (Lipinski definition) is 1. The number of ether oxygens (including phenoxy) is 1. The second-order valence-electron chi connectivity index (χ2n) is 8.92. The molecule has 6 nitrogen and oxygen atoms in total. The number of amides is 1. The molecule has 1 atom stereocenters. The lowest BCUT2D eigenvalue weighted by molar-refractivity contribution is -0.132. The van der Waals surface area contributed by atoms with Gasteiger partial charge >= 0.3 is 0 Å². The minimum atomic E-state index is -0.818. The van der Waals surface area contributed by atoms with E-state index in [0.29, 0.717) is 40.7 Å². The van der Waals surface area contributed by atoms with Crippen molar-refractivity contribution in [1.82, 2.24) is 0 Å². The summed E-state index contributed by atoms with van der Waals surface area (Å²) in [6, 6.07) is 22.0. The number of carbonyl (C=O) groups excluding carboxylic acids is 2. The van der Waals surface area contributed by atoms with Crippen molar-refractivity contribution < 1.29 is 19.4 Å². The van der Waals surface area contributed by atoms with Crippen molar-refractivity contribution in [2.45, 2.75) is 26.8 Å². The first-order valence-corrected chi connectivity index (χ1v) is 11.4. The Kier molecular flexibility index (Phi) is 6.70. The van der Waals surface area contributed by atoms with Crippen molar-refractivity contribution in [2.75, 3.05) is 11.5 Å². The SMILES string of the molecule is Cc1cc(/C(O)=C2/C(=O)C(=O)N(c3ccc(C#N)cc3)C2c2ccccc2)ccc1OCC(C)C. The molecule has 0 saturated carbocycles. The number of Topliss-reactive ketones (excluding diaryl/α,β-unsaturated/α-hetero) is 1. The summed E-state index contributed by atoms with van der Waals surface area (Å²) in [7, 11) is 0. The Morgan fingerprint density at radius 1 is 1.06 bits per heavy atom. The molecule has 0 aromatic heterocycles. The number of hydrogen-bond acceptors (Lipinski definition) is 5. The minimum absolute atomic E-state index is 0.0146. The first kappa shape index (κ1) is 23.8. The molecule has 6 heteroatoms. The summed E-state index contributed by atoms with van der Waals surface area (Å²) >= 11 is 0. The van der Waals surface area contributed by atoms with E-state index in [9.17, 15) is 14.7 Å². The van der Waals surface area contributed by atoms with Crippen molar-refractivity contribution in [3.8, 4) is 11.8 Å². The van der Waals surface area contributed by atoms with Crippen LogP contribution in [-0.4, -0.2) is 23.4 Å².